The van der Waals surface area contributed by atoms with Crippen LogP contribution in [0.5, 0.6) is 0 Å². The molecule has 0 amide bonds. The van der Waals surface area contributed by atoms with Gasteiger partial charge in [-0.2, -0.15) is 0 Å². The molecule has 0 bridgehead atoms. The van der Waals surface area contributed by atoms with Crippen molar-refractivity contribution in [1.29, 1.82) is 0 Å². The quantitative estimate of drug-likeness (QED) is 0.780. The Morgan fingerprint density at radius 1 is 0.762 bits per heavy atom. The molecule has 2 aromatic carbocycles. The third kappa shape index (κ3) is 2.86. The first kappa shape index (κ1) is 13.2. The molecule has 21 heavy (non-hydrogen) atoms. The number of hydrogen-bond acceptors (Lipinski definition) is 3. The first-order chi connectivity index (χ1) is 10.1. The molecule has 0 atom stereocenters. The predicted octanol–water partition coefficient (Wildman–Crippen LogP) is 3.67. The van der Waals surface area contributed by atoms with Crippen LogP contribution < -0.4 is 5.73 Å². The predicted molar refractivity (Wildman–Crippen MR) is 77.2 cm³/mol. The molecule has 1 aromatic heterocycles. The van der Waals surface area contributed by atoms with Gasteiger partial charge in [0.15, 0.2) is 5.82 Å². The Morgan fingerprint density at radius 2 is 1.43 bits per heavy atom. The van der Waals surface area contributed by atoms with Crippen LogP contribution in [0.4, 0.5) is 14.6 Å². The van der Waals surface area contributed by atoms with Crippen molar-refractivity contribution in [3.8, 4) is 22.6 Å². The van der Waals surface area contributed by atoms with Gasteiger partial charge in [0.25, 0.3) is 0 Å². The van der Waals surface area contributed by atoms with Crippen molar-refractivity contribution in [2.45, 2.75) is 0 Å². The summed E-state index contributed by atoms with van der Waals surface area (Å²) < 4.78 is 26.6. The zero-order valence-electron chi connectivity index (χ0n) is 10.9. The molecule has 3 nitrogen and oxygen atoms in total. The van der Waals surface area contributed by atoms with Crippen LogP contribution in [-0.2, 0) is 0 Å². The number of hydrogen-bond donors (Lipinski definition) is 1. The third-order valence-electron chi connectivity index (χ3n) is 2.94. The van der Waals surface area contributed by atoms with Crippen LogP contribution in [0, 0.1) is 11.6 Å². The van der Waals surface area contributed by atoms with Gasteiger partial charge in [-0.1, -0.05) is 30.3 Å². The van der Waals surface area contributed by atoms with E-state index in [2.05, 4.69) is 9.97 Å². The Bertz CT molecular complexity index is 769. The van der Waals surface area contributed by atoms with Crippen LogP contribution in [0.2, 0.25) is 0 Å². The Balaban J connectivity index is 2.14. The Hall–Kier alpha value is -2.82. The van der Waals surface area contributed by atoms with Crippen molar-refractivity contribution >= 4 is 5.82 Å². The van der Waals surface area contributed by atoms with Gasteiger partial charge in [-0.15, -0.1) is 0 Å². The summed E-state index contributed by atoms with van der Waals surface area (Å²) in [5.74, 6) is -0.675. The minimum atomic E-state index is -0.663. The first-order valence-electron chi connectivity index (χ1n) is 6.28. The summed E-state index contributed by atoms with van der Waals surface area (Å²) >= 11 is 0. The fraction of sp³-hybridized carbons (Fsp3) is 0. The molecular weight excluding hydrogens is 272 g/mol. The van der Waals surface area contributed by atoms with Crippen molar-refractivity contribution in [3.05, 3.63) is 66.2 Å². The summed E-state index contributed by atoms with van der Waals surface area (Å²) in [6, 6.07) is 14.0. The number of nitrogen functional groups attached to an aromatic ring is 1. The second-order valence-corrected chi connectivity index (χ2v) is 4.53. The molecule has 3 rings (SSSR count). The average Bonchev–Trinajstić information content (AvgIpc) is 2.46. The lowest BCUT2D eigenvalue weighted by atomic mass is 10.1. The van der Waals surface area contributed by atoms with Crippen molar-refractivity contribution in [3.63, 3.8) is 0 Å². The molecule has 0 unspecified atom stereocenters. The molecular formula is C16H11F2N3. The Morgan fingerprint density at radius 3 is 2.10 bits per heavy atom. The van der Waals surface area contributed by atoms with E-state index in [1.54, 1.807) is 0 Å². The molecule has 2 N–H and O–H groups in total. The van der Waals surface area contributed by atoms with Crippen LogP contribution in [0.1, 0.15) is 0 Å². The maximum absolute atomic E-state index is 13.3. The van der Waals surface area contributed by atoms with Crippen LogP contribution in [0.15, 0.2) is 54.6 Å². The van der Waals surface area contributed by atoms with Gasteiger partial charge in [-0.3, -0.25) is 0 Å². The molecule has 104 valence electrons. The lowest BCUT2D eigenvalue weighted by Crippen LogP contribution is -1.98. The van der Waals surface area contributed by atoms with E-state index in [1.807, 2.05) is 30.3 Å². The molecule has 3 aromatic rings. The summed E-state index contributed by atoms with van der Waals surface area (Å²) in [4.78, 5) is 8.49. The van der Waals surface area contributed by atoms with Crippen molar-refractivity contribution in [2.24, 2.45) is 0 Å². The van der Waals surface area contributed by atoms with E-state index in [9.17, 15) is 8.78 Å². The van der Waals surface area contributed by atoms with E-state index in [0.717, 1.165) is 11.6 Å². The highest BCUT2D eigenvalue weighted by molar-refractivity contribution is 5.66. The van der Waals surface area contributed by atoms with Crippen LogP contribution >= 0.6 is 0 Å². The molecule has 0 saturated heterocycles. The van der Waals surface area contributed by atoms with Crippen molar-refractivity contribution in [1.82, 2.24) is 9.97 Å². The summed E-state index contributed by atoms with van der Waals surface area (Å²) in [5.41, 5.74) is 7.25. The van der Waals surface area contributed by atoms with Gasteiger partial charge in [-0.25, -0.2) is 18.7 Å². The maximum Gasteiger partial charge on any atom is 0.162 e. The fourth-order valence-corrected chi connectivity index (χ4v) is 2.03. The molecule has 0 saturated carbocycles. The molecule has 0 fully saturated rings. The van der Waals surface area contributed by atoms with E-state index in [4.69, 9.17) is 5.73 Å². The van der Waals surface area contributed by atoms with Gasteiger partial charge in [0.1, 0.15) is 17.5 Å². The molecule has 0 aliphatic carbocycles. The fourth-order valence-electron chi connectivity index (χ4n) is 2.03. The molecule has 0 radical (unpaired) electrons. The lowest BCUT2D eigenvalue weighted by Gasteiger charge is -2.06. The van der Waals surface area contributed by atoms with Gasteiger partial charge in [0, 0.05) is 23.3 Å². The summed E-state index contributed by atoms with van der Waals surface area (Å²) in [5, 5.41) is 0. The summed E-state index contributed by atoms with van der Waals surface area (Å²) in [6.45, 7) is 0. The van der Waals surface area contributed by atoms with E-state index < -0.39 is 11.6 Å². The van der Waals surface area contributed by atoms with Gasteiger partial charge in [0.2, 0.25) is 0 Å². The standard InChI is InChI=1S/C16H11F2N3/c17-12-6-11(7-13(18)8-12)14-9-15(19)21-16(20-14)10-4-2-1-3-5-10/h1-9H,(H2,19,20,21). The van der Waals surface area contributed by atoms with E-state index in [-0.39, 0.29) is 5.82 Å². The molecule has 0 spiro atoms. The second kappa shape index (κ2) is 5.28. The number of halogens is 2. The van der Waals surface area contributed by atoms with Crippen LogP contribution in [0.25, 0.3) is 22.6 Å². The summed E-state index contributed by atoms with van der Waals surface area (Å²) in [7, 11) is 0. The highest BCUT2D eigenvalue weighted by Gasteiger charge is 2.09. The van der Waals surface area contributed by atoms with Gasteiger partial charge >= 0.3 is 0 Å². The molecule has 5 heteroatoms. The molecule has 1 heterocycles. The van der Waals surface area contributed by atoms with E-state index >= 15 is 0 Å². The van der Waals surface area contributed by atoms with Crippen molar-refractivity contribution < 1.29 is 8.78 Å². The average molecular weight is 283 g/mol. The van der Waals surface area contributed by atoms with Crippen molar-refractivity contribution in [2.75, 3.05) is 5.73 Å². The normalized spacial score (nSPS) is 10.6. The smallest absolute Gasteiger partial charge is 0.162 e. The number of nitrogens with zero attached hydrogens (tertiary/aromatic N) is 2. The van der Waals surface area contributed by atoms with Gasteiger partial charge in [0.05, 0.1) is 5.69 Å². The Labute approximate surface area is 120 Å². The molecule has 0 aliphatic heterocycles. The molecule has 0 aliphatic rings. The zero-order chi connectivity index (χ0) is 14.8. The van der Waals surface area contributed by atoms with E-state index in [0.29, 0.717) is 17.1 Å². The first-order valence-corrected chi connectivity index (χ1v) is 6.28. The maximum atomic E-state index is 13.3. The highest BCUT2D eigenvalue weighted by Crippen LogP contribution is 2.24. The zero-order valence-corrected chi connectivity index (χ0v) is 10.9. The largest absolute Gasteiger partial charge is 0.384 e. The van der Waals surface area contributed by atoms with Gasteiger partial charge in [-0.05, 0) is 12.1 Å². The minimum Gasteiger partial charge on any atom is -0.384 e. The van der Waals surface area contributed by atoms with Crippen LogP contribution in [0.3, 0.4) is 0 Å². The van der Waals surface area contributed by atoms with E-state index in [1.165, 1.54) is 18.2 Å². The second-order valence-electron chi connectivity index (χ2n) is 4.53. The highest BCUT2D eigenvalue weighted by atomic mass is 19.1. The number of rotatable bonds is 2. The minimum absolute atomic E-state index is 0.239. The number of benzene rings is 2. The Kier molecular flexibility index (Phi) is 3.31. The number of aromatic nitrogens is 2. The SMILES string of the molecule is Nc1cc(-c2cc(F)cc(F)c2)nc(-c2ccccc2)n1. The third-order valence-corrected chi connectivity index (χ3v) is 2.94. The van der Waals surface area contributed by atoms with Gasteiger partial charge < -0.3 is 5.73 Å². The summed E-state index contributed by atoms with van der Waals surface area (Å²) in [6.07, 6.45) is 0. The monoisotopic (exact) mass is 283 g/mol. The lowest BCUT2D eigenvalue weighted by molar-refractivity contribution is 0.584. The topological polar surface area (TPSA) is 51.8 Å². The van der Waals surface area contributed by atoms with Crippen LogP contribution in [-0.4, -0.2) is 9.97 Å². The number of anilines is 1. The number of nitrogens with two attached hydrogens (primary N) is 1.